The number of nitrogens with zero attached hydrogens (tertiary/aromatic N) is 1. The van der Waals surface area contributed by atoms with Gasteiger partial charge in [0.25, 0.3) is 0 Å². The van der Waals surface area contributed by atoms with Crippen LogP contribution in [-0.2, 0) is 16.1 Å². The van der Waals surface area contributed by atoms with E-state index < -0.39 is 6.04 Å². The Bertz CT molecular complexity index is 859. The molecule has 0 aliphatic carbocycles. The number of hydrogen-bond donors (Lipinski definition) is 1. The molecule has 0 saturated heterocycles. The summed E-state index contributed by atoms with van der Waals surface area (Å²) in [5, 5.41) is 3.65. The molecule has 2 aromatic carbocycles. The van der Waals surface area contributed by atoms with E-state index in [1.165, 1.54) is 12.1 Å². The fourth-order valence-electron chi connectivity index (χ4n) is 3.22. The van der Waals surface area contributed by atoms with E-state index in [1.54, 1.807) is 28.8 Å². The summed E-state index contributed by atoms with van der Waals surface area (Å²) in [7, 11) is 0. The number of hydrogen-bond acceptors (Lipinski definition) is 3. The van der Waals surface area contributed by atoms with Crippen molar-refractivity contribution in [2.24, 2.45) is 5.92 Å². The second-order valence-electron chi connectivity index (χ2n) is 8.12. The zero-order chi connectivity index (χ0) is 23.5. The van der Waals surface area contributed by atoms with Gasteiger partial charge in [0.1, 0.15) is 11.9 Å². The van der Waals surface area contributed by atoms with Gasteiger partial charge in [-0.1, -0.05) is 44.5 Å². The van der Waals surface area contributed by atoms with Gasteiger partial charge in [0.2, 0.25) is 11.8 Å². The predicted molar refractivity (Wildman–Crippen MR) is 130 cm³/mol. The summed E-state index contributed by atoms with van der Waals surface area (Å²) in [6.45, 7) is 6.80. The molecule has 2 amide bonds. The average molecular weight is 479 g/mol. The molecule has 0 saturated carbocycles. The number of rotatable bonds is 12. The first-order valence-electron chi connectivity index (χ1n) is 11.0. The lowest BCUT2D eigenvalue weighted by Crippen LogP contribution is -2.49. The molecule has 1 atom stereocenters. The Morgan fingerprint density at radius 2 is 1.75 bits per heavy atom. The Hall–Kier alpha value is -2.05. The third kappa shape index (κ3) is 8.83. The second-order valence-corrected chi connectivity index (χ2v) is 9.72. The molecule has 0 fully saturated rings. The van der Waals surface area contributed by atoms with E-state index in [0.717, 1.165) is 16.2 Å². The lowest BCUT2D eigenvalue weighted by Gasteiger charge is -2.31. The molecule has 0 spiro atoms. The maximum Gasteiger partial charge on any atom is 0.242 e. The van der Waals surface area contributed by atoms with E-state index in [0.29, 0.717) is 36.7 Å². The molecule has 2 rings (SSSR count). The number of halogens is 2. The summed E-state index contributed by atoms with van der Waals surface area (Å²) in [5.74, 6) is 0.564. The Kier molecular flexibility index (Phi) is 11.0. The lowest BCUT2D eigenvalue weighted by molar-refractivity contribution is -0.141. The van der Waals surface area contributed by atoms with E-state index >= 15 is 0 Å². The molecule has 0 bridgehead atoms. The maximum absolute atomic E-state index is 13.3. The van der Waals surface area contributed by atoms with Crippen molar-refractivity contribution in [3.8, 4) is 0 Å². The first kappa shape index (κ1) is 26.2. The normalized spacial score (nSPS) is 11.9. The SMILES string of the molecule is CC[C@@H](C(=O)NCC(C)C)N(Cc1ccc(F)cc1)C(=O)CCCSc1ccc(Cl)cc1. The Morgan fingerprint density at radius 1 is 1.09 bits per heavy atom. The van der Waals surface area contributed by atoms with Crippen LogP contribution in [-0.4, -0.2) is 35.1 Å². The van der Waals surface area contributed by atoms with Gasteiger partial charge in [-0.15, -0.1) is 11.8 Å². The van der Waals surface area contributed by atoms with Crippen molar-refractivity contribution in [2.75, 3.05) is 12.3 Å². The van der Waals surface area contributed by atoms with Crippen molar-refractivity contribution in [2.45, 2.75) is 57.5 Å². The monoisotopic (exact) mass is 478 g/mol. The van der Waals surface area contributed by atoms with E-state index in [-0.39, 0.29) is 24.2 Å². The third-order valence-electron chi connectivity index (χ3n) is 4.95. The van der Waals surface area contributed by atoms with Crippen molar-refractivity contribution in [1.29, 1.82) is 0 Å². The topological polar surface area (TPSA) is 49.4 Å². The number of nitrogens with one attached hydrogen (secondary N) is 1. The number of carbonyl (C=O) groups excluding carboxylic acids is 2. The summed E-state index contributed by atoms with van der Waals surface area (Å²) in [5.41, 5.74) is 0.797. The quantitative estimate of drug-likeness (QED) is 0.304. The van der Waals surface area contributed by atoms with Crippen molar-refractivity contribution in [3.63, 3.8) is 0 Å². The first-order chi connectivity index (χ1) is 15.3. The summed E-state index contributed by atoms with van der Waals surface area (Å²) >= 11 is 7.59. The van der Waals surface area contributed by atoms with Gasteiger partial charge >= 0.3 is 0 Å². The number of carbonyl (C=O) groups is 2. The fraction of sp³-hybridized carbons (Fsp3) is 0.440. The molecular formula is C25H32ClFN2O2S. The molecule has 0 aliphatic rings. The molecule has 32 heavy (non-hydrogen) atoms. The predicted octanol–water partition coefficient (Wildman–Crippen LogP) is 5.93. The van der Waals surface area contributed by atoms with E-state index in [2.05, 4.69) is 5.32 Å². The van der Waals surface area contributed by atoms with Crippen LogP contribution in [0.1, 0.15) is 45.6 Å². The third-order valence-corrected chi connectivity index (χ3v) is 6.30. The van der Waals surface area contributed by atoms with Crippen LogP contribution < -0.4 is 5.32 Å². The molecule has 2 aromatic rings. The number of thioether (sulfide) groups is 1. The molecule has 0 aromatic heterocycles. The van der Waals surface area contributed by atoms with E-state index in [4.69, 9.17) is 11.6 Å². The van der Waals surface area contributed by atoms with E-state index in [1.807, 2.05) is 45.0 Å². The van der Waals surface area contributed by atoms with Crippen LogP contribution in [0.15, 0.2) is 53.4 Å². The van der Waals surface area contributed by atoms with Crippen LogP contribution in [0, 0.1) is 11.7 Å². The molecule has 7 heteroatoms. The largest absolute Gasteiger partial charge is 0.354 e. The summed E-state index contributed by atoms with van der Waals surface area (Å²) in [6, 6.07) is 13.1. The summed E-state index contributed by atoms with van der Waals surface area (Å²) < 4.78 is 13.3. The molecule has 4 nitrogen and oxygen atoms in total. The highest BCUT2D eigenvalue weighted by Crippen LogP contribution is 2.22. The van der Waals surface area contributed by atoms with Gasteiger partial charge in [0.15, 0.2) is 0 Å². The van der Waals surface area contributed by atoms with Crippen LogP contribution in [0.3, 0.4) is 0 Å². The minimum atomic E-state index is -0.560. The average Bonchev–Trinajstić information content (AvgIpc) is 2.77. The van der Waals surface area contributed by atoms with Crippen molar-refractivity contribution in [3.05, 3.63) is 64.9 Å². The maximum atomic E-state index is 13.3. The van der Waals surface area contributed by atoms with Gasteiger partial charge in [-0.2, -0.15) is 0 Å². The smallest absolute Gasteiger partial charge is 0.242 e. The van der Waals surface area contributed by atoms with Crippen LogP contribution >= 0.6 is 23.4 Å². The van der Waals surface area contributed by atoms with Crippen LogP contribution in [0.25, 0.3) is 0 Å². The van der Waals surface area contributed by atoms with E-state index in [9.17, 15) is 14.0 Å². The highest BCUT2D eigenvalue weighted by molar-refractivity contribution is 7.99. The molecule has 0 radical (unpaired) electrons. The van der Waals surface area contributed by atoms with Crippen molar-refractivity contribution < 1.29 is 14.0 Å². The molecule has 0 unspecified atom stereocenters. The highest BCUT2D eigenvalue weighted by Gasteiger charge is 2.28. The zero-order valence-electron chi connectivity index (χ0n) is 18.9. The Balaban J connectivity index is 2.03. The van der Waals surface area contributed by atoms with Gasteiger partial charge < -0.3 is 10.2 Å². The van der Waals surface area contributed by atoms with Crippen molar-refractivity contribution in [1.82, 2.24) is 10.2 Å². The van der Waals surface area contributed by atoms with Gasteiger partial charge in [-0.05, 0) is 66.5 Å². The molecular weight excluding hydrogens is 447 g/mol. The number of benzene rings is 2. The summed E-state index contributed by atoms with van der Waals surface area (Å²) in [6.07, 6.45) is 1.54. The molecule has 174 valence electrons. The van der Waals surface area contributed by atoms with Gasteiger partial charge in [-0.3, -0.25) is 9.59 Å². The standard InChI is InChI=1S/C25H32ClFN2O2S/c1-4-23(25(31)28-16-18(2)3)29(17-19-7-11-21(27)12-8-19)24(30)6-5-15-32-22-13-9-20(26)10-14-22/h7-14,18,23H,4-6,15-17H2,1-3H3,(H,28,31)/t23-/m0/s1. The second kappa shape index (κ2) is 13.5. The fourth-order valence-corrected chi connectivity index (χ4v) is 4.20. The van der Waals surface area contributed by atoms with Crippen LogP contribution in [0.4, 0.5) is 4.39 Å². The van der Waals surface area contributed by atoms with Crippen LogP contribution in [0.5, 0.6) is 0 Å². The van der Waals surface area contributed by atoms with Gasteiger partial charge in [0, 0.05) is 29.4 Å². The lowest BCUT2D eigenvalue weighted by atomic mass is 10.1. The molecule has 1 N–H and O–H groups in total. The molecule has 0 heterocycles. The van der Waals surface area contributed by atoms with Crippen molar-refractivity contribution >= 4 is 35.2 Å². The number of amides is 2. The Morgan fingerprint density at radius 3 is 2.34 bits per heavy atom. The Labute approximate surface area is 199 Å². The highest BCUT2D eigenvalue weighted by atomic mass is 35.5. The minimum Gasteiger partial charge on any atom is -0.354 e. The van der Waals surface area contributed by atoms with Gasteiger partial charge in [-0.25, -0.2) is 4.39 Å². The first-order valence-corrected chi connectivity index (χ1v) is 12.4. The summed E-state index contributed by atoms with van der Waals surface area (Å²) in [4.78, 5) is 28.7. The van der Waals surface area contributed by atoms with Crippen LogP contribution in [0.2, 0.25) is 5.02 Å². The molecule has 0 aliphatic heterocycles. The minimum absolute atomic E-state index is 0.0717. The zero-order valence-corrected chi connectivity index (χ0v) is 20.5. The van der Waals surface area contributed by atoms with Gasteiger partial charge in [0.05, 0.1) is 0 Å².